The van der Waals surface area contributed by atoms with Crippen molar-refractivity contribution in [1.82, 2.24) is 0 Å². The lowest BCUT2D eigenvalue weighted by molar-refractivity contribution is 0.423. The predicted octanol–water partition coefficient (Wildman–Crippen LogP) is -0.623. The highest BCUT2D eigenvalue weighted by Gasteiger charge is 2.20. The number of rotatable bonds is 1. The maximum Gasteiger partial charge on any atom is 0.492 e. The van der Waals surface area contributed by atoms with Gasteiger partial charge in [-0.25, -0.2) is 4.39 Å². The summed E-state index contributed by atoms with van der Waals surface area (Å²) in [5.74, 6) is -0.788. The van der Waals surface area contributed by atoms with Crippen LogP contribution in [0.15, 0.2) is 18.2 Å². The summed E-state index contributed by atoms with van der Waals surface area (Å²) in [6.45, 7) is 0. The van der Waals surface area contributed by atoms with Crippen molar-refractivity contribution in [1.29, 1.82) is 5.26 Å². The lowest BCUT2D eigenvalue weighted by Crippen LogP contribution is -2.35. The molecule has 1 rings (SSSR count). The minimum absolute atomic E-state index is 0.0648. The van der Waals surface area contributed by atoms with E-state index in [0.29, 0.717) is 0 Å². The van der Waals surface area contributed by atoms with Crippen molar-refractivity contribution in [2.45, 2.75) is 0 Å². The zero-order chi connectivity index (χ0) is 9.14. The maximum absolute atomic E-state index is 12.8. The van der Waals surface area contributed by atoms with E-state index in [-0.39, 0.29) is 11.0 Å². The van der Waals surface area contributed by atoms with Gasteiger partial charge in [-0.2, -0.15) is 5.26 Å². The Morgan fingerprint density at radius 3 is 2.50 bits per heavy atom. The van der Waals surface area contributed by atoms with Gasteiger partial charge in [-0.3, -0.25) is 0 Å². The van der Waals surface area contributed by atoms with Gasteiger partial charge in [-0.05, 0) is 12.1 Å². The molecule has 0 fully saturated rings. The molecule has 0 saturated carbocycles. The topological polar surface area (TPSA) is 64.2 Å². The van der Waals surface area contributed by atoms with Crippen molar-refractivity contribution in [2.24, 2.45) is 0 Å². The molecule has 0 aliphatic rings. The van der Waals surface area contributed by atoms with E-state index in [1.807, 2.05) is 0 Å². The highest BCUT2D eigenvalue weighted by Crippen LogP contribution is 1.99. The summed E-state index contributed by atoms with van der Waals surface area (Å²) in [5.41, 5.74) is -0.440. The Balaban J connectivity index is 3.32. The van der Waals surface area contributed by atoms with Crippen LogP contribution in [0.2, 0.25) is 0 Å². The molecule has 0 bridgehead atoms. The summed E-state index contributed by atoms with van der Waals surface area (Å²) >= 11 is 0. The highest BCUT2D eigenvalue weighted by atomic mass is 19.1. The Morgan fingerprint density at radius 2 is 2.08 bits per heavy atom. The maximum atomic E-state index is 12.8. The minimum Gasteiger partial charge on any atom is -0.423 e. The quantitative estimate of drug-likeness (QED) is 0.544. The van der Waals surface area contributed by atoms with E-state index in [1.165, 1.54) is 12.1 Å². The van der Waals surface area contributed by atoms with Crippen LogP contribution in [0.3, 0.4) is 0 Å². The third-order valence-electron chi connectivity index (χ3n) is 1.43. The summed E-state index contributed by atoms with van der Waals surface area (Å²) in [6.07, 6.45) is 0. The normalized spacial score (nSPS) is 9.17. The molecule has 1 aromatic carbocycles. The molecule has 0 saturated heterocycles. The van der Waals surface area contributed by atoms with E-state index in [0.717, 1.165) is 6.07 Å². The molecular weight excluding hydrogens is 160 g/mol. The molecule has 0 aromatic heterocycles. The smallest absolute Gasteiger partial charge is 0.423 e. The lowest BCUT2D eigenvalue weighted by Gasteiger charge is -2.02. The van der Waals surface area contributed by atoms with Gasteiger partial charge >= 0.3 is 7.12 Å². The van der Waals surface area contributed by atoms with Crippen molar-refractivity contribution in [3.63, 3.8) is 0 Å². The fraction of sp³-hybridized carbons (Fsp3) is 0. The number of halogens is 1. The summed E-state index contributed by atoms with van der Waals surface area (Å²) in [6, 6.07) is 5.37. The second kappa shape index (κ2) is 3.35. The second-order valence-electron chi connectivity index (χ2n) is 2.19. The zero-order valence-electron chi connectivity index (χ0n) is 6.03. The minimum atomic E-state index is -1.94. The molecular formula is C7H5BFNO2. The Hall–Kier alpha value is -1.38. The largest absolute Gasteiger partial charge is 0.492 e. The number of hydrogen-bond acceptors (Lipinski definition) is 3. The Labute approximate surface area is 68.8 Å². The number of hydrogen-bond donors (Lipinski definition) is 2. The molecule has 0 amide bonds. The van der Waals surface area contributed by atoms with Gasteiger partial charge in [0.2, 0.25) is 0 Å². The van der Waals surface area contributed by atoms with E-state index < -0.39 is 12.9 Å². The van der Waals surface area contributed by atoms with Crippen molar-refractivity contribution >= 4 is 12.6 Å². The predicted molar refractivity (Wildman–Crippen MR) is 40.9 cm³/mol. The van der Waals surface area contributed by atoms with Crippen LogP contribution in [0.4, 0.5) is 4.39 Å². The number of nitriles is 1. The fourth-order valence-electron chi connectivity index (χ4n) is 0.897. The summed E-state index contributed by atoms with van der Waals surface area (Å²) in [7, 11) is -1.94. The lowest BCUT2D eigenvalue weighted by atomic mass is 9.77. The Morgan fingerprint density at radius 1 is 1.42 bits per heavy atom. The van der Waals surface area contributed by atoms with Crippen LogP contribution < -0.4 is 5.46 Å². The van der Waals surface area contributed by atoms with E-state index in [4.69, 9.17) is 15.3 Å². The molecule has 0 spiro atoms. The first-order valence-corrected chi connectivity index (χ1v) is 3.21. The van der Waals surface area contributed by atoms with Crippen molar-refractivity contribution < 1.29 is 14.4 Å². The fourth-order valence-corrected chi connectivity index (χ4v) is 0.897. The molecule has 2 N–H and O–H groups in total. The van der Waals surface area contributed by atoms with Gasteiger partial charge in [0.25, 0.3) is 0 Å². The second-order valence-corrected chi connectivity index (χ2v) is 2.19. The molecule has 12 heavy (non-hydrogen) atoms. The van der Waals surface area contributed by atoms with Gasteiger partial charge in [-0.1, -0.05) is 6.07 Å². The molecule has 0 unspecified atom stereocenters. The van der Waals surface area contributed by atoms with Crippen molar-refractivity contribution in [3.8, 4) is 6.07 Å². The van der Waals surface area contributed by atoms with E-state index >= 15 is 0 Å². The van der Waals surface area contributed by atoms with Gasteiger partial charge in [0.15, 0.2) is 0 Å². The average molecular weight is 165 g/mol. The van der Waals surface area contributed by atoms with Gasteiger partial charge in [-0.15, -0.1) is 0 Å². The third kappa shape index (κ3) is 1.45. The van der Waals surface area contributed by atoms with Gasteiger partial charge < -0.3 is 10.0 Å². The van der Waals surface area contributed by atoms with Crippen LogP contribution in [0.5, 0.6) is 0 Å². The van der Waals surface area contributed by atoms with Crippen molar-refractivity contribution in [2.75, 3.05) is 0 Å². The molecule has 0 aliphatic heterocycles. The van der Waals surface area contributed by atoms with Gasteiger partial charge in [0.1, 0.15) is 5.82 Å². The van der Waals surface area contributed by atoms with Gasteiger partial charge in [0, 0.05) is 5.46 Å². The Kier molecular flexibility index (Phi) is 2.43. The monoisotopic (exact) mass is 165 g/mol. The third-order valence-corrected chi connectivity index (χ3v) is 1.43. The van der Waals surface area contributed by atoms with Crippen molar-refractivity contribution in [3.05, 3.63) is 29.6 Å². The molecule has 3 nitrogen and oxygen atoms in total. The van der Waals surface area contributed by atoms with Crippen LogP contribution in [0, 0.1) is 17.1 Å². The SMILES string of the molecule is N#Cc1cccc(F)c1B(O)O. The standard InChI is InChI=1S/C7H5BFNO2/c9-6-3-1-2-5(4-10)7(6)8(11)12/h1-3,11-12H. The van der Waals surface area contributed by atoms with E-state index in [2.05, 4.69) is 0 Å². The zero-order valence-corrected chi connectivity index (χ0v) is 6.03. The number of benzene rings is 1. The highest BCUT2D eigenvalue weighted by molar-refractivity contribution is 6.59. The molecule has 0 atom stereocenters. The molecule has 60 valence electrons. The van der Waals surface area contributed by atoms with E-state index in [1.54, 1.807) is 6.07 Å². The van der Waals surface area contributed by atoms with Gasteiger partial charge in [0.05, 0.1) is 11.6 Å². The van der Waals surface area contributed by atoms with Crippen LogP contribution in [0.25, 0.3) is 0 Å². The summed E-state index contributed by atoms with van der Waals surface area (Å²) in [4.78, 5) is 0. The number of nitrogens with zero attached hydrogens (tertiary/aromatic N) is 1. The summed E-state index contributed by atoms with van der Waals surface area (Å²) in [5, 5.41) is 25.8. The first kappa shape index (κ1) is 8.72. The molecule has 0 radical (unpaired) electrons. The first-order chi connectivity index (χ1) is 5.66. The van der Waals surface area contributed by atoms with Crippen LogP contribution in [-0.2, 0) is 0 Å². The molecule has 0 aliphatic carbocycles. The molecule has 5 heteroatoms. The first-order valence-electron chi connectivity index (χ1n) is 3.21. The summed E-state index contributed by atoms with van der Waals surface area (Å²) < 4.78 is 12.8. The average Bonchev–Trinajstić information content (AvgIpc) is 2.03. The van der Waals surface area contributed by atoms with E-state index in [9.17, 15) is 4.39 Å². The molecule has 1 aromatic rings. The van der Waals surface area contributed by atoms with Crippen LogP contribution in [-0.4, -0.2) is 17.2 Å². The van der Waals surface area contributed by atoms with Crippen LogP contribution >= 0.6 is 0 Å². The van der Waals surface area contributed by atoms with Crippen LogP contribution in [0.1, 0.15) is 5.56 Å². The Bertz CT molecular complexity index is 335. The molecule has 0 heterocycles.